The highest BCUT2D eigenvalue weighted by atomic mass is 16.5. The summed E-state index contributed by atoms with van der Waals surface area (Å²) in [5.74, 6) is 3.15. The van der Waals surface area contributed by atoms with Gasteiger partial charge in [0.05, 0.1) is 5.92 Å². The molecule has 2 aromatic heterocycles. The topological polar surface area (TPSA) is 107 Å². The minimum absolute atomic E-state index is 0.104. The van der Waals surface area contributed by atoms with Gasteiger partial charge >= 0.3 is 0 Å². The molecule has 180 valence electrons. The second-order valence-corrected chi connectivity index (χ2v) is 9.29. The first kappa shape index (κ1) is 22.7. The van der Waals surface area contributed by atoms with E-state index in [4.69, 9.17) is 13.8 Å². The van der Waals surface area contributed by atoms with Crippen molar-refractivity contribution < 1.29 is 18.6 Å². The standard InChI is InChI=1S/C25H31N5O4/c1-17-7-9-18(10-8-17)23-26-21(33-28-23)5-2-6-22(31)30-13-3-4-20(16-30)25-27-24(29-34-25)19-11-14-32-15-12-19/h7-10,19-20H,2-6,11-16H2,1H3. The Morgan fingerprint density at radius 3 is 2.68 bits per heavy atom. The summed E-state index contributed by atoms with van der Waals surface area (Å²) in [6.07, 6.45) is 5.47. The average Bonchev–Trinajstić information content (AvgIpc) is 3.56. The number of hydrogen-bond donors (Lipinski definition) is 0. The fourth-order valence-corrected chi connectivity index (χ4v) is 4.67. The van der Waals surface area contributed by atoms with Crippen molar-refractivity contribution in [1.82, 2.24) is 25.2 Å². The number of nitrogens with zero attached hydrogens (tertiary/aromatic N) is 5. The number of piperidine rings is 1. The van der Waals surface area contributed by atoms with Crippen molar-refractivity contribution in [3.05, 3.63) is 47.4 Å². The van der Waals surface area contributed by atoms with Crippen LogP contribution in [0, 0.1) is 6.92 Å². The van der Waals surface area contributed by atoms with E-state index in [1.165, 1.54) is 5.56 Å². The van der Waals surface area contributed by atoms with Crippen molar-refractivity contribution in [2.24, 2.45) is 0 Å². The van der Waals surface area contributed by atoms with Gasteiger partial charge in [-0.1, -0.05) is 40.1 Å². The third-order valence-electron chi connectivity index (χ3n) is 6.73. The van der Waals surface area contributed by atoms with E-state index in [0.29, 0.717) is 49.3 Å². The largest absolute Gasteiger partial charge is 0.381 e. The third-order valence-corrected chi connectivity index (χ3v) is 6.73. The number of benzene rings is 1. The van der Waals surface area contributed by atoms with Gasteiger partial charge in [-0.2, -0.15) is 9.97 Å². The van der Waals surface area contributed by atoms with Gasteiger partial charge in [-0.25, -0.2) is 0 Å². The number of hydrogen-bond acceptors (Lipinski definition) is 8. The first-order valence-electron chi connectivity index (χ1n) is 12.2. The van der Waals surface area contributed by atoms with Gasteiger partial charge in [0, 0.05) is 50.6 Å². The highest BCUT2D eigenvalue weighted by Gasteiger charge is 2.30. The SMILES string of the molecule is Cc1ccc(-c2noc(CCCC(=O)N3CCCC(c4nc(C5CCOCC5)no4)C3)n2)cc1. The van der Waals surface area contributed by atoms with Gasteiger partial charge in [0.15, 0.2) is 5.82 Å². The van der Waals surface area contributed by atoms with Crippen molar-refractivity contribution in [2.45, 2.75) is 63.7 Å². The van der Waals surface area contributed by atoms with Crippen LogP contribution in [0.25, 0.3) is 11.4 Å². The van der Waals surface area contributed by atoms with Crippen LogP contribution in [-0.4, -0.2) is 57.4 Å². The smallest absolute Gasteiger partial charge is 0.231 e. The van der Waals surface area contributed by atoms with E-state index >= 15 is 0 Å². The molecule has 0 spiro atoms. The van der Waals surface area contributed by atoms with Crippen LogP contribution in [0.5, 0.6) is 0 Å². The van der Waals surface area contributed by atoms with Crippen molar-refractivity contribution in [1.29, 1.82) is 0 Å². The molecule has 2 aliphatic heterocycles. The number of aryl methyl sites for hydroxylation is 2. The Morgan fingerprint density at radius 1 is 1.03 bits per heavy atom. The summed E-state index contributed by atoms with van der Waals surface area (Å²) >= 11 is 0. The molecule has 2 saturated heterocycles. The monoisotopic (exact) mass is 465 g/mol. The molecule has 0 aliphatic carbocycles. The lowest BCUT2D eigenvalue weighted by Gasteiger charge is -2.31. The zero-order chi connectivity index (χ0) is 23.3. The Kier molecular flexibility index (Phi) is 6.99. The molecule has 5 rings (SSSR count). The molecule has 1 atom stereocenters. The van der Waals surface area contributed by atoms with Gasteiger partial charge in [0.1, 0.15) is 0 Å². The molecule has 34 heavy (non-hydrogen) atoms. The second-order valence-electron chi connectivity index (χ2n) is 9.29. The van der Waals surface area contributed by atoms with E-state index in [0.717, 1.165) is 56.8 Å². The van der Waals surface area contributed by atoms with Crippen LogP contribution in [-0.2, 0) is 16.0 Å². The van der Waals surface area contributed by atoms with E-state index in [1.54, 1.807) is 0 Å². The lowest BCUT2D eigenvalue weighted by Crippen LogP contribution is -2.39. The van der Waals surface area contributed by atoms with Crippen molar-refractivity contribution in [2.75, 3.05) is 26.3 Å². The number of ether oxygens (including phenoxy) is 1. The molecule has 9 nitrogen and oxygen atoms in total. The summed E-state index contributed by atoms with van der Waals surface area (Å²) in [5, 5.41) is 8.30. The fourth-order valence-electron chi connectivity index (χ4n) is 4.67. The number of rotatable bonds is 7. The van der Waals surface area contributed by atoms with Gasteiger partial charge in [-0.3, -0.25) is 4.79 Å². The summed E-state index contributed by atoms with van der Waals surface area (Å²) < 4.78 is 16.4. The average molecular weight is 466 g/mol. The lowest BCUT2D eigenvalue weighted by molar-refractivity contribution is -0.132. The van der Waals surface area contributed by atoms with Crippen molar-refractivity contribution in [3.63, 3.8) is 0 Å². The summed E-state index contributed by atoms with van der Waals surface area (Å²) in [7, 11) is 0. The minimum Gasteiger partial charge on any atom is -0.381 e. The van der Waals surface area contributed by atoms with Crippen LogP contribution in [0.3, 0.4) is 0 Å². The lowest BCUT2D eigenvalue weighted by atomic mass is 9.97. The molecular formula is C25H31N5O4. The molecular weight excluding hydrogens is 434 g/mol. The number of carbonyl (C=O) groups excluding carboxylic acids is 1. The fraction of sp³-hybridized carbons (Fsp3) is 0.560. The predicted octanol–water partition coefficient (Wildman–Crippen LogP) is 4.05. The number of amides is 1. The van der Waals surface area contributed by atoms with Crippen molar-refractivity contribution in [3.8, 4) is 11.4 Å². The summed E-state index contributed by atoms with van der Waals surface area (Å²) in [4.78, 5) is 23.9. The highest BCUT2D eigenvalue weighted by Crippen LogP contribution is 2.30. The molecule has 2 fully saturated rings. The summed E-state index contributed by atoms with van der Waals surface area (Å²) in [5.41, 5.74) is 2.11. The van der Waals surface area contributed by atoms with E-state index < -0.39 is 0 Å². The molecule has 2 aliphatic rings. The molecule has 4 heterocycles. The van der Waals surface area contributed by atoms with Gasteiger partial charge < -0.3 is 18.7 Å². The zero-order valence-electron chi connectivity index (χ0n) is 19.6. The van der Waals surface area contributed by atoms with Crippen LogP contribution >= 0.6 is 0 Å². The van der Waals surface area contributed by atoms with Crippen LogP contribution in [0.2, 0.25) is 0 Å². The summed E-state index contributed by atoms with van der Waals surface area (Å²) in [6, 6.07) is 8.01. The molecule has 1 amide bonds. The second kappa shape index (κ2) is 10.5. The molecule has 0 N–H and O–H groups in total. The van der Waals surface area contributed by atoms with Crippen molar-refractivity contribution >= 4 is 5.91 Å². The quantitative estimate of drug-likeness (QED) is 0.514. The Morgan fingerprint density at radius 2 is 1.85 bits per heavy atom. The Bertz CT molecular complexity index is 1090. The van der Waals surface area contributed by atoms with E-state index in [9.17, 15) is 4.79 Å². The Labute approximate surface area is 198 Å². The van der Waals surface area contributed by atoms with Gasteiger partial charge in [0.25, 0.3) is 0 Å². The Hall–Kier alpha value is -3.07. The first-order valence-corrected chi connectivity index (χ1v) is 12.2. The van der Waals surface area contributed by atoms with Gasteiger partial charge in [-0.05, 0) is 39.0 Å². The molecule has 0 radical (unpaired) electrons. The van der Waals surface area contributed by atoms with Gasteiger partial charge in [-0.15, -0.1) is 0 Å². The maximum atomic E-state index is 12.9. The minimum atomic E-state index is 0.104. The molecule has 0 bridgehead atoms. The van der Waals surface area contributed by atoms with Crippen LogP contribution < -0.4 is 0 Å². The van der Waals surface area contributed by atoms with E-state index in [2.05, 4.69) is 20.3 Å². The van der Waals surface area contributed by atoms with E-state index in [1.807, 2.05) is 36.1 Å². The third kappa shape index (κ3) is 5.35. The number of aromatic nitrogens is 4. The first-order chi connectivity index (χ1) is 16.7. The summed E-state index contributed by atoms with van der Waals surface area (Å²) in [6.45, 7) is 4.94. The number of carbonyl (C=O) groups is 1. The number of likely N-dealkylation sites (tertiary alicyclic amines) is 1. The van der Waals surface area contributed by atoms with Crippen LogP contribution in [0.4, 0.5) is 0 Å². The van der Waals surface area contributed by atoms with Crippen LogP contribution in [0.1, 0.15) is 73.5 Å². The van der Waals surface area contributed by atoms with Gasteiger partial charge in [0.2, 0.25) is 23.5 Å². The molecule has 3 aromatic rings. The highest BCUT2D eigenvalue weighted by molar-refractivity contribution is 5.76. The molecule has 1 aromatic carbocycles. The zero-order valence-corrected chi connectivity index (χ0v) is 19.6. The Balaban J connectivity index is 1.11. The van der Waals surface area contributed by atoms with E-state index in [-0.39, 0.29) is 11.8 Å². The molecule has 9 heteroatoms. The normalized spacial score (nSPS) is 19.4. The maximum absolute atomic E-state index is 12.9. The maximum Gasteiger partial charge on any atom is 0.231 e. The van der Waals surface area contributed by atoms with Crippen LogP contribution in [0.15, 0.2) is 33.3 Å². The predicted molar refractivity (Wildman–Crippen MR) is 123 cm³/mol. The molecule has 0 saturated carbocycles. The molecule has 1 unspecified atom stereocenters.